The van der Waals surface area contributed by atoms with Crippen LogP contribution in [0, 0.1) is 23.2 Å². The van der Waals surface area contributed by atoms with Crippen molar-refractivity contribution in [1.29, 1.82) is 5.26 Å². The zero-order chi connectivity index (χ0) is 20.2. The van der Waals surface area contributed by atoms with Crippen molar-refractivity contribution in [3.05, 3.63) is 22.5 Å². The van der Waals surface area contributed by atoms with Gasteiger partial charge in [-0.05, 0) is 53.4 Å². The summed E-state index contributed by atoms with van der Waals surface area (Å²) in [7, 11) is 0. The summed E-state index contributed by atoms with van der Waals surface area (Å²) in [6.07, 6.45) is 6.04. The molecule has 0 radical (unpaired) electrons. The minimum Gasteiger partial charge on any atom is -0.444 e. The van der Waals surface area contributed by atoms with Crippen LogP contribution in [0.2, 0.25) is 0 Å². The Hall–Kier alpha value is -1.72. The number of nitriles is 1. The summed E-state index contributed by atoms with van der Waals surface area (Å²) in [5, 5.41) is 13.4. The van der Waals surface area contributed by atoms with E-state index in [-0.39, 0.29) is 30.4 Å². The summed E-state index contributed by atoms with van der Waals surface area (Å²) in [4.78, 5) is 6.92. The van der Waals surface area contributed by atoms with Crippen molar-refractivity contribution < 1.29 is 13.2 Å². The number of fused-ring (bicyclic) bond motifs is 2. The second kappa shape index (κ2) is 7.21. The highest BCUT2D eigenvalue weighted by Gasteiger charge is 2.51. The van der Waals surface area contributed by atoms with Crippen molar-refractivity contribution in [3.8, 4) is 6.07 Å². The van der Waals surface area contributed by atoms with Crippen molar-refractivity contribution in [2.24, 2.45) is 11.8 Å². The molecule has 2 aliphatic carbocycles. The van der Waals surface area contributed by atoms with Gasteiger partial charge >= 0.3 is 0 Å². The SMILES string of the molecule is N#Cc1cc2c(Br)c(NC3CCC(N4C[C@@H]5CC(F)(F)C[C@@H]5C4)CC3)ncc2o1. The number of aromatic nitrogens is 1. The fraction of sp³-hybridized carbons (Fsp3) is 0.619. The lowest BCUT2D eigenvalue weighted by atomic mass is 9.90. The third-order valence-electron chi connectivity index (χ3n) is 6.91. The van der Waals surface area contributed by atoms with Crippen molar-refractivity contribution in [2.75, 3.05) is 18.4 Å². The number of nitrogens with one attached hydrogen (secondary N) is 1. The van der Waals surface area contributed by atoms with E-state index < -0.39 is 5.92 Å². The second-order valence-corrected chi connectivity index (χ2v) is 9.60. The zero-order valence-electron chi connectivity index (χ0n) is 16.0. The average Bonchev–Trinajstić information content (AvgIpc) is 3.35. The standard InChI is InChI=1S/C21H23BrF2N4O/c22-19-17-5-16(8-25)29-18(17)9-26-20(19)27-14-1-3-15(4-2-14)28-10-12-6-21(23,24)7-13(12)11-28/h5,9,12-15H,1-4,6-7,10-11H2,(H,26,27)/t12-,13+,14?,15?. The van der Waals surface area contributed by atoms with Crippen LogP contribution in [-0.4, -0.2) is 41.0 Å². The van der Waals surface area contributed by atoms with Gasteiger partial charge in [0.25, 0.3) is 0 Å². The van der Waals surface area contributed by atoms with E-state index in [4.69, 9.17) is 9.68 Å². The van der Waals surface area contributed by atoms with Crippen LogP contribution >= 0.6 is 15.9 Å². The van der Waals surface area contributed by atoms with E-state index in [0.29, 0.717) is 17.7 Å². The average molecular weight is 465 g/mol. The number of hydrogen-bond donors (Lipinski definition) is 1. The molecule has 5 nitrogen and oxygen atoms in total. The monoisotopic (exact) mass is 464 g/mol. The number of rotatable bonds is 3. The first-order valence-electron chi connectivity index (χ1n) is 10.3. The number of nitrogens with zero attached hydrogens (tertiary/aromatic N) is 3. The highest BCUT2D eigenvalue weighted by molar-refractivity contribution is 9.10. The summed E-state index contributed by atoms with van der Waals surface area (Å²) in [6, 6.07) is 4.58. The Balaban J connectivity index is 1.18. The third-order valence-corrected chi connectivity index (χ3v) is 7.71. The lowest BCUT2D eigenvalue weighted by Crippen LogP contribution is -2.40. The van der Waals surface area contributed by atoms with Crippen LogP contribution in [0.15, 0.2) is 21.2 Å². The summed E-state index contributed by atoms with van der Waals surface area (Å²) >= 11 is 3.59. The largest absolute Gasteiger partial charge is 0.444 e. The van der Waals surface area contributed by atoms with Gasteiger partial charge in [0, 0.05) is 49.5 Å². The van der Waals surface area contributed by atoms with E-state index in [1.807, 2.05) is 6.07 Å². The van der Waals surface area contributed by atoms with E-state index in [9.17, 15) is 8.78 Å². The van der Waals surface area contributed by atoms with Gasteiger partial charge in [-0.2, -0.15) is 5.26 Å². The maximum atomic E-state index is 13.6. The van der Waals surface area contributed by atoms with Gasteiger partial charge in [0.2, 0.25) is 11.7 Å². The van der Waals surface area contributed by atoms with Crippen LogP contribution in [-0.2, 0) is 0 Å². The Kier molecular flexibility index (Phi) is 4.78. The minimum absolute atomic E-state index is 0.0781. The van der Waals surface area contributed by atoms with E-state index in [2.05, 4.69) is 31.1 Å². The first-order chi connectivity index (χ1) is 13.9. The molecule has 154 valence electrons. The molecule has 3 fully saturated rings. The molecule has 5 rings (SSSR count). The van der Waals surface area contributed by atoms with E-state index in [1.54, 1.807) is 12.3 Å². The number of hydrogen-bond acceptors (Lipinski definition) is 5. The summed E-state index contributed by atoms with van der Waals surface area (Å²) < 4.78 is 33.4. The first kappa shape index (κ1) is 19.3. The van der Waals surface area contributed by atoms with Crippen LogP contribution in [0.3, 0.4) is 0 Å². The normalized spacial score (nSPS) is 31.7. The first-order valence-corrected chi connectivity index (χ1v) is 11.1. The Labute approximate surface area is 176 Å². The fourth-order valence-electron chi connectivity index (χ4n) is 5.50. The highest BCUT2D eigenvalue weighted by Crippen LogP contribution is 2.48. The number of likely N-dealkylation sites (tertiary alicyclic amines) is 1. The molecule has 0 unspecified atom stereocenters. The van der Waals surface area contributed by atoms with Gasteiger partial charge in [-0.25, -0.2) is 13.8 Å². The van der Waals surface area contributed by atoms with E-state index in [1.165, 1.54) is 0 Å². The summed E-state index contributed by atoms with van der Waals surface area (Å²) in [5.74, 6) is -1.03. The van der Waals surface area contributed by atoms with Gasteiger partial charge in [-0.15, -0.1) is 0 Å². The van der Waals surface area contributed by atoms with E-state index in [0.717, 1.165) is 54.4 Å². The Morgan fingerprint density at radius 3 is 2.55 bits per heavy atom. The Morgan fingerprint density at radius 2 is 1.90 bits per heavy atom. The highest BCUT2D eigenvalue weighted by atomic mass is 79.9. The molecule has 0 aromatic carbocycles. The molecule has 8 heteroatoms. The van der Waals surface area contributed by atoms with Crippen molar-refractivity contribution >= 4 is 32.7 Å². The van der Waals surface area contributed by atoms with Crippen molar-refractivity contribution in [2.45, 2.75) is 56.5 Å². The predicted molar refractivity (Wildman–Crippen MR) is 109 cm³/mol. The lowest BCUT2D eigenvalue weighted by Gasteiger charge is -2.35. The van der Waals surface area contributed by atoms with Gasteiger partial charge in [0.15, 0.2) is 5.58 Å². The van der Waals surface area contributed by atoms with Gasteiger partial charge < -0.3 is 9.73 Å². The molecule has 1 N–H and O–H groups in total. The molecule has 2 aromatic heterocycles. The molecule has 0 amide bonds. The van der Waals surface area contributed by atoms with Gasteiger partial charge in [-0.1, -0.05) is 0 Å². The van der Waals surface area contributed by atoms with Gasteiger partial charge in [0.1, 0.15) is 11.9 Å². The molecule has 2 aromatic rings. The zero-order valence-corrected chi connectivity index (χ0v) is 17.6. The number of alkyl halides is 2. The molecule has 1 aliphatic heterocycles. The third kappa shape index (κ3) is 3.64. The van der Waals surface area contributed by atoms with Crippen LogP contribution in [0.5, 0.6) is 0 Å². The second-order valence-electron chi connectivity index (χ2n) is 8.81. The molecule has 1 saturated heterocycles. The molecule has 0 bridgehead atoms. The van der Waals surface area contributed by atoms with Crippen LogP contribution in [0.4, 0.5) is 14.6 Å². The summed E-state index contributed by atoms with van der Waals surface area (Å²) in [6.45, 7) is 1.68. The molecule has 2 atom stereocenters. The number of pyridine rings is 1. The topological polar surface area (TPSA) is 65.1 Å². The fourth-order valence-corrected chi connectivity index (χ4v) is 6.03. The molecule has 2 saturated carbocycles. The Morgan fingerprint density at radius 1 is 1.21 bits per heavy atom. The maximum Gasteiger partial charge on any atom is 0.248 e. The molecule has 0 spiro atoms. The minimum atomic E-state index is -2.44. The van der Waals surface area contributed by atoms with Crippen LogP contribution in [0.1, 0.15) is 44.3 Å². The lowest BCUT2D eigenvalue weighted by molar-refractivity contribution is -0.00480. The molecular weight excluding hydrogens is 442 g/mol. The quantitative estimate of drug-likeness (QED) is 0.679. The molecule has 3 aliphatic rings. The summed E-state index contributed by atoms with van der Waals surface area (Å²) in [5.41, 5.74) is 0.591. The number of halogens is 3. The number of anilines is 1. The Bertz CT molecular complexity index is 947. The molecular formula is C21H23BrF2N4O. The molecule has 29 heavy (non-hydrogen) atoms. The molecule has 3 heterocycles. The van der Waals surface area contributed by atoms with Crippen LogP contribution in [0.25, 0.3) is 11.0 Å². The van der Waals surface area contributed by atoms with Gasteiger partial charge in [0.05, 0.1) is 10.7 Å². The predicted octanol–water partition coefficient (Wildman–Crippen LogP) is 5.16. The van der Waals surface area contributed by atoms with Crippen LogP contribution < -0.4 is 5.32 Å². The maximum absolute atomic E-state index is 13.6. The van der Waals surface area contributed by atoms with Gasteiger partial charge in [-0.3, -0.25) is 4.90 Å². The smallest absolute Gasteiger partial charge is 0.248 e. The van der Waals surface area contributed by atoms with Crippen molar-refractivity contribution in [3.63, 3.8) is 0 Å². The van der Waals surface area contributed by atoms with E-state index >= 15 is 0 Å². The van der Waals surface area contributed by atoms with Crippen molar-refractivity contribution in [1.82, 2.24) is 9.88 Å². The number of furan rings is 1.